The molecule has 1 rings (SSSR count). The van der Waals surface area contributed by atoms with Crippen molar-refractivity contribution in [3.63, 3.8) is 0 Å². The molecular formula is C10H22N4O. The van der Waals surface area contributed by atoms with E-state index in [4.69, 9.17) is 21.6 Å². The van der Waals surface area contributed by atoms with Crippen LogP contribution in [0.1, 0.15) is 32.6 Å². The van der Waals surface area contributed by atoms with E-state index in [9.17, 15) is 0 Å². The van der Waals surface area contributed by atoms with Gasteiger partial charge in [0.2, 0.25) is 0 Å². The molecule has 1 aliphatic rings. The molecule has 1 heterocycles. The number of piperidine rings is 1. The van der Waals surface area contributed by atoms with Crippen LogP contribution < -0.4 is 11.5 Å². The van der Waals surface area contributed by atoms with Crippen molar-refractivity contribution in [1.82, 2.24) is 4.90 Å². The Labute approximate surface area is 91.3 Å². The van der Waals surface area contributed by atoms with Gasteiger partial charge in [0.1, 0.15) is 6.23 Å². The van der Waals surface area contributed by atoms with Crippen LogP contribution in [0.15, 0.2) is 0 Å². The van der Waals surface area contributed by atoms with Crippen LogP contribution in [0.4, 0.5) is 0 Å². The Morgan fingerprint density at radius 1 is 1.60 bits per heavy atom. The molecule has 0 saturated carbocycles. The third-order valence-electron chi connectivity index (χ3n) is 2.71. The molecule has 88 valence electrons. The molecule has 2 atom stereocenters. The molecule has 0 amide bonds. The Morgan fingerprint density at radius 3 is 2.93 bits per heavy atom. The molecule has 1 aliphatic heterocycles. The molecule has 0 bridgehead atoms. The Hall–Kier alpha value is -0.810. The lowest BCUT2D eigenvalue weighted by molar-refractivity contribution is -0.0600. The number of unbranched alkanes of at least 4 members (excludes halogenated alkanes) is 1. The van der Waals surface area contributed by atoms with Crippen molar-refractivity contribution in [1.29, 1.82) is 5.41 Å². The van der Waals surface area contributed by atoms with Gasteiger partial charge >= 0.3 is 0 Å². The van der Waals surface area contributed by atoms with Crippen molar-refractivity contribution in [3.05, 3.63) is 0 Å². The van der Waals surface area contributed by atoms with Crippen LogP contribution in [0, 0.1) is 5.41 Å². The average molecular weight is 214 g/mol. The quantitative estimate of drug-likeness (QED) is 0.360. The van der Waals surface area contributed by atoms with Crippen molar-refractivity contribution in [2.75, 3.05) is 13.2 Å². The van der Waals surface area contributed by atoms with E-state index in [0.29, 0.717) is 6.61 Å². The Bertz CT molecular complexity index is 210. The van der Waals surface area contributed by atoms with Gasteiger partial charge in [-0.25, -0.2) is 0 Å². The van der Waals surface area contributed by atoms with Gasteiger partial charge < -0.3 is 21.1 Å². The molecule has 0 aromatic rings. The van der Waals surface area contributed by atoms with E-state index in [2.05, 4.69) is 6.92 Å². The smallest absolute Gasteiger partial charge is 0.190 e. The minimum absolute atomic E-state index is 0.0282. The van der Waals surface area contributed by atoms with Crippen molar-refractivity contribution in [3.8, 4) is 0 Å². The number of rotatable bonds is 4. The van der Waals surface area contributed by atoms with Crippen LogP contribution >= 0.6 is 0 Å². The van der Waals surface area contributed by atoms with Crippen molar-refractivity contribution in [2.24, 2.45) is 11.5 Å². The van der Waals surface area contributed by atoms with Crippen molar-refractivity contribution in [2.45, 2.75) is 44.9 Å². The highest BCUT2D eigenvalue weighted by molar-refractivity contribution is 5.75. The molecule has 0 aromatic carbocycles. The van der Waals surface area contributed by atoms with Gasteiger partial charge in [-0.3, -0.25) is 5.41 Å². The molecule has 0 aliphatic carbocycles. The van der Waals surface area contributed by atoms with Gasteiger partial charge in [-0.1, -0.05) is 13.3 Å². The van der Waals surface area contributed by atoms with Gasteiger partial charge in [-0.05, 0) is 19.3 Å². The summed E-state index contributed by atoms with van der Waals surface area (Å²) in [6, 6.07) is -0.0282. The fraction of sp³-hybridized carbons (Fsp3) is 0.900. The number of guanidine groups is 1. The summed E-state index contributed by atoms with van der Waals surface area (Å²) in [5.74, 6) is 0.0617. The maximum atomic E-state index is 7.46. The van der Waals surface area contributed by atoms with Gasteiger partial charge in [0.05, 0.1) is 0 Å². The summed E-state index contributed by atoms with van der Waals surface area (Å²) < 4.78 is 5.69. The van der Waals surface area contributed by atoms with Gasteiger partial charge in [0.15, 0.2) is 5.96 Å². The highest BCUT2D eigenvalue weighted by Gasteiger charge is 2.30. The summed E-state index contributed by atoms with van der Waals surface area (Å²) in [5.41, 5.74) is 11.5. The third kappa shape index (κ3) is 3.35. The lowest BCUT2D eigenvalue weighted by atomic mass is 10.0. The van der Waals surface area contributed by atoms with Crippen molar-refractivity contribution >= 4 is 5.96 Å². The van der Waals surface area contributed by atoms with Crippen LogP contribution in [0.3, 0.4) is 0 Å². The fourth-order valence-electron chi connectivity index (χ4n) is 1.82. The van der Waals surface area contributed by atoms with E-state index >= 15 is 0 Å². The SMILES string of the molecule is CCCCO[C@H]1[C@@H](N)CCCN1C(=N)N. The van der Waals surface area contributed by atoms with Gasteiger partial charge in [0, 0.05) is 19.2 Å². The maximum Gasteiger partial charge on any atom is 0.190 e. The molecule has 5 N–H and O–H groups in total. The molecule has 5 heteroatoms. The Balaban J connectivity index is 2.48. The van der Waals surface area contributed by atoms with Crippen molar-refractivity contribution < 1.29 is 4.74 Å². The predicted octanol–water partition coefficient (Wildman–Crippen LogP) is 0.446. The van der Waals surface area contributed by atoms with Gasteiger partial charge in [0.25, 0.3) is 0 Å². The minimum Gasteiger partial charge on any atom is -0.370 e. The fourth-order valence-corrected chi connectivity index (χ4v) is 1.82. The molecular weight excluding hydrogens is 192 g/mol. The van der Waals surface area contributed by atoms with Crippen LogP contribution in [-0.2, 0) is 4.74 Å². The molecule has 15 heavy (non-hydrogen) atoms. The topological polar surface area (TPSA) is 88.4 Å². The zero-order valence-corrected chi connectivity index (χ0v) is 9.41. The van der Waals surface area contributed by atoms with E-state index in [-0.39, 0.29) is 18.2 Å². The summed E-state index contributed by atoms with van der Waals surface area (Å²) >= 11 is 0. The van der Waals surface area contributed by atoms with Gasteiger partial charge in [-0.2, -0.15) is 0 Å². The summed E-state index contributed by atoms with van der Waals surface area (Å²) in [5, 5.41) is 7.46. The number of hydrogen-bond donors (Lipinski definition) is 3. The minimum atomic E-state index is -0.206. The largest absolute Gasteiger partial charge is 0.370 e. The number of likely N-dealkylation sites (tertiary alicyclic amines) is 1. The first kappa shape index (κ1) is 12.3. The van der Waals surface area contributed by atoms with Gasteiger partial charge in [-0.15, -0.1) is 0 Å². The van der Waals surface area contributed by atoms with Crippen LogP contribution in [0.5, 0.6) is 0 Å². The average Bonchev–Trinajstić information content (AvgIpc) is 2.20. The maximum absolute atomic E-state index is 7.46. The zero-order chi connectivity index (χ0) is 11.3. The standard InChI is InChI=1S/C10H22N4O/c1-2-3-7-15-9-8(11)5-4-6-14(9)10(12)13/h8-9H,2-7,11H2,1H3,(H3,12,13)/t8-,9-/m0/s1. The molecule has 1 fully saturated rings. The number of nitrogens with two attached hydrogens (primary N) is 2. The molecule has 5 nitrogen and oxygen atoms in total. The second kappa shape index (κ2) is 5.92. The highest BCUT2D eigenvalue weighted by Crippen LogP contribution is 2.17. The van der Waals surface area contributed by atoms with E-state index < -0.39 is 0 Å². The second-order valence-corrected chi connectivity index (χ2v) is 4.00. The lowest BCUT2D eigenvalue weighted by Crippen LogP contribution is -2.57. The summed E-state index contributed by atoms with van der Waals surface area (Å²) in [6.45, 7) is 3.59. The monoisotopic (exact) mass is 214 g/mol. The van der Waals surface area contributed by atoms with Crippen LogP contribution in [0.25, 0.3) is 0 Å². The van der Waals surface area contributed by atoms with E-state index in [1.54, 1.807) is 4.90 Å². The first-order valence-corrected chi connectivity index (χ1v) is 5.64. The summed E-state index contributed by atoms with van der Waals surface area (Å²) in [7, 11) is 0. The molecule has 0 radical (unpaired) electrons. The molecule has 0 aromatic heterocycles. The first-order valence-electron chi connectivity index (χ1n) is 5.64. The number of nitrogens with one attached hydrogen (secondary N) is 1. The molecule has 0 spiro atoms. The predicted molar refractivity (Wildman–Crippen MR) is 60.5 cm³/mol. The number of hydrogen-bond acceptors (Lipinski definition) is 3. The van der Waals surface area contributed by atoms with E-state index in [1.165, 1.54) is 0 Å². The lowest BCUT2D eigenvalue weighted by Gasteiger charge is -2.39. The van der Waals surface area contributed by atoms with Crippen LogP contribution in [-0.4, -0.2) is 36.3 Å². The Kier molecular flexibility index (Phi) is 4.84. The number of nitrogens with zero attached hydrogens (tertiary/aromatic N) is 1. The first-order chi connectivity index (χ1) is 7.16. The van der Waals surface area contributed by atoms with E-state index in [1.807, 2.05) is 0 Å². The molecule has 0 unspecified atom stereocenters. The highest BCUT2D eigenvalue weighted by atomic mass is 16.5. The van der Waals surface area contributed by atoms with E-state index in [0.717, 1.165) is 32.2 Å². The number of ether oxygens (including phenoxy) is 1. The van der Waals surface area contributed by atoms with Crippen LogP contribution in [0.2, 0.25) is 0 Å². The zero-order valence-electron chi connectivity index (χ0n) is 9.41. The second-order valence-electron chi connectivity index (χ2n) is 4.00. The Morgan fingerprint density at radius 2 is 2.33 bits per heavy atom. The summed E-state index contributed by atoms with van der Waals surface area (Å²) in [6.07, 6.45) is 3.84. The third-order valence-corrected chi connectivity index (χ3v) is 2.71. The molecule has 1 saturated heterocycles. The normalized spacial score (nSPS) is 26.7. The summed E-state index contributed by atoms with van der Waals surface area (Å²) in [4.78, 5) is 1.75.